The highest BCUT2D eigenvalue weighted by atomic mass is 15.0. The van der Waals surface area contributed by atoms with Crippen molar-refractivity contribution in [1.82, 2.24) is 5.32 Å². The fourth-order valence-electron chi connectivity index (χ4n) is 3.48. The summed E-state index contributed by atoms with van der Waals surface area (Å²) >= 11 is 0. The summed E-state index contributed by atoms with van der Waals surface area (Å²) in [6, 6.07) is 10.7. The summed E-state index contributed by atoms with van der Waals surface area (Å²) < 4.78 is 0. The Morgan fingerprint density at radius 3 is 1.84 bits per heavy atom. The molecule has 0 heterocycles. The molecule has 1 N–H and O–H groups in total. The van der Waals surface area contributed by atoms with Gasteiger partial charge in [-0.15, -0.1) is 0 Å². The molecule has 1 heteroatoms. The summed E-state index contributed by atoms with van der Waals surface area (Å²) in [5.41, 5.74) is 2.90. The van der Waals surface area contributed by atoms with Crippen molar-refractivity contribution in [3.05, 3.63) is 35.4 Å². The normalized spacial score (nSPS) is 24.7. The Hall–Kier alpha value is -0.820. The van der Waals surface area contributed by atoms with Crippen LogP contribution in [-0.2, 0) is 0 Å². The van der Waals surface area contributed by atoms with Gasteiger partial charge in [0.25, 0.3) is 0 Å². The van der Waals surface area contributed by atoms with Crippen LogP contribution in [0.15, 0.2) is 24.3 Å². The zero-order chi connectivity index (χ0) is 12.8. The van der Waals surface area contributed by atoms with E-state index in [2.05, 4.69) is 36.5 Å². The van der Waals surface area contributed by atoms with Crippen LogP contribution in [-0.4, -0.2) is 6.04 Å². The molecule has 0 aromatic heterocycles. The molecule has 3 fully saturated rings. The molecule has 3 aliphatic carbocycles. The third-order valence-electron chi connectivity index (χ3n) is 5.16. The number of nitrogens with one attached hydrogen (secondary N) is 1. The van der Waals surface area contributed by atoms with Gasteiger partial charge in [0.2, 0.25) is 0 Å². The Kier molecular flexibility index (Phi) is 2.91. The maximum absolute atomic E-state index is 4.08. The maximum atomic E-state index is 4.08. The summed E-state index contributed by atoms with van der Waals surface area (Å²) in [5, 5.41) is 4.08. The van der Waals surface area contributed by atoms with E-state index in [9.17, 15) is 0 Å². The zero-order valence-corrected chi connectivity index (χ0v) is 11.9. The van der Waals surface area contributed by atoms with Gasteiger partial charge < -0.3 is 5.32 Å². The van der Waals surface area contributed by atoms with Crippen molar-refractivity contribution in [3.63, 3.8) is 0 Å². The van der Waals surface area contributed by atoms with Crippen molar-refractivity contribution in [2.75, 3.05) is 0 Å². The van der Waals surface area contributed by atoms with E-state index in [1.165, 1.54) is 49.7 Å². The minimum atomic E-state index is 0.631. The van der Waals surface area contributed by atoms with Crippen LogP contribution in [0.2, 0.25) is 0 Å². The topological polar surface area (TPSA) is 12.0 Å². The predicted molar refractivity (Wildman–Crippen MR) is 79.0 cm³/mol. The Balaban J connectivity index is 1.52. The molecular formula is C18H25N. The second-order valence-corrected chi connectivity index (χ2v) is 7.09. The molecule has 0 aliphatic heterocycles. The number of hydrogen-bond donors (Lipinski definition) is 1. The second kappa shape index (κ2) is 4.63. The Labute approximate surface area is 116 Å². The smallest absolute Gasteiger partial charge is 0.0351 e. The van der Waals surface area contributed by atoms with Crippen LogP contribution < -0.4 is 5.32 Å². The SMILES string of the molecule is Cc1ccc(C(NC(C2CC2)C2CC2)C2CC2)cc1. The molecule has 3 aliphatic rings. The lowest BCUT2D eigenvalue weighted by Gasteiger charge is -2.26. The van der Waals surface area contributed by atoms with Crippen LogP contribution in [0, 0.1) is 24.7 Å². The summed E-state index contributed by atoms with van der Waals surface area (Å²) in [7, 11) is 0. The van der Waals surface area contributed by atoms with Gasteiger partial charge in [0.1, 0.15) is 0 Å². The highest BCUT2D eigenvalue weighted by Gasteiger charge is 2.44. The van der Waals surface area contributed by atoms with Crippen molar-refractivity contribution in [1.29, 1.82) is 0 Å². The largest absolute Gasteiger partial charge is 0.306 e. The maximum Gasteiger partial charge on any atom is 0.0351 e. The van der Waals surface area contributed by atoms with Gasteiger partial charge in [-0.05, 0) is 68.8 Å². The molecule has 3 saturated carbocycles. The van der Waals surface area contributed by atoms with Crippen LogP contribution in [0.25, 0.3) is 0 Å². The lowest BCUT2D eigenvalue weighted by Crippen LogP contribution is -2.37. The van der Waals surface area contributed by atoms with E-state index in [1.807, 2.05) is 0 Å². The summed E-state index contributed by atoms with van der Waals surface area (Å²) in [6.07, 6.45) is 8.74. The molecule has 1 aromatic rings. The molecule has 19 heavy (non-hydrogen) atoms. The first-order valence-corrected chi connectivity index (χ1v) is 8.14. The van der Waals surface area contributed by atoms with E-state index < -0.39 is 0 Å². The molecule has 0 amide bonds. The molecule has 102 valence electrons. The fourth-order valence-corrected chi connectivity index (χ4v) is 3.48. The zero-order valence-electron chi connectivity index (χ0n) is 11.9. The van der Waals surface area contributed by atoms with E-state index >= 15 is 0 Å². The minimum absolute atomic E-state index is 0.631. The monoisotopic (exact) mass is 255 g/mol. The van der Waals surface area contributed by atoms with Gasteiger partial charge in [-0.2, -0.15) is 0 Å². The van der Waals surface area contributed by atoms with Crippen LogP contribution >= 0.6 is 0 Å². The van der Waals surface area contributed by atoms with Crippen molar-refractivity contribution in [3.8, 4) is 0 Å². The van der Waals surface area contributed by atoms with E-state index in [4.69, 9.17) is 0 Å². The van der Waals surface area contributed by atoms with Crippen molar-refractivity contribution >= 4 is 0 Å². The van der Waals surface area contributed by atoms with Gasteiger partial charge in [-0.3, -0.25) is 0 Å². The number of benzene rings is 1. The van der Waals surface area contributed by atoms with Crippen molar-refractivity contribution < 1.29 is 0 Å². The van der Waals surface area contributed by atoms with Crippen molar-refractivity contribution in [2.24, 2.45) is 17.8 Å². The summed E-state index contributed by atoms with van der Waals surface area (Å²) in [6.45, 7) is 2.18. The van der Waals surface area contributed by atoms with Gasteiger partial charge in [0.15, 0.2) is 0 Å². The number of aryl methyl sites for hydroxylation is 1. The molecular weight excluding hydrogens is 230 g/mol. The predicted octanol–water partition coefficient (Wildman–Crippen LogP) is 4.22. The van der Waals surface area contributed by atoms with Gasteiger partial charge >= 0.3 is 0 Å². The van der Waals surface area contributed by atoms with Crippen molar-refractivity contribution in [2.45, 2.75) is 57.5 Å². The Bertz CT molecular complexity index is 425. The van der Waals surface area contributed by atoms with E-state index in [1.54, 1.807) is 0 Å². The highest BCUT2D eigenvalue weighted by Crippen LogP contribution is 2.48. The first kappa shape index (κ1) is 12.0. The quantitative estimate of drug-likeness (QED) is 0.802. The number of hydrogen-bond acceptors (Lipinski definition) is 1. The van der Waals surface area contributed by atoms with Crippen LogP contribution in [0.5, 0.6) is 0 Å². The average molecular weight is 255 g/mol. The van der Waals surface area contributed by atoms with E-state index in [-0.39, 0.29) is 0 Å². The first-order valence-electron chi connectivity index (χ1n) is 8.14. The number of rotatable bonds is 6. The molecule has 0 saturated heterocycles. The molecule has 4 rings (SSSR count). The molecule has 0 bridgehead atoms. The van der Waals surface area contributed by atoms with E-state index in [0.717, 1.165) is 23.8 Å². The standard InChI is InChI=1S/C18H25N/c1-12-2-4-13(5-3-12)17(14-6-7-14)19-18(15-8-9-15)16-10-11-16/h2-5,14-19H,6-11H2,1H3. The summed E-state index contributed by atoms with van der Waals surface area (Å²) in [5.74, 6) is 2.90. The Morgan fingerprint density at radius 2 is 1.37 bits per heavy atom. The fraction of sp³-hybridized carbons (Fsp3) is 0.667. The average Bonchev–Trinajstić information content (AvgIpc) is 3.30. The van der Waals surface area contributed by atoms with Gasteiger partial charge in [-0.1, -0.05) is 29.8 Å². The lowest BCUT2D eigenvalue weighted by atomic mass is 9.97. The molecule has 1 aromatic carbocycles. The van der Waals surface area contributed by atoms with Crippen LogP contribution in [0.1, 0.15) is 55.7 Å². The molecule has 1 unspecified atom stereocenters. The second-order valence-electron chi connectivity index (χ2n) is 7.09. The van der Waals surface area contributed by atoms with Gasteiger partial charge in [-0.25, -0.2) is 0 Å². The van der Waals surface area contributed by atoms with Crippen LogP contribution in [0.3, 0.4) is 0 Å². The third kappa shape index (κ3) is 2.72. The van der Waals surface area contributed by atoms with E-state index in [0.29, 0.717) is 6.04 Å². The summed E-state index contributed by atoms with van der Waals surface area (Å²) in [4.78, 5) is 0. The lowest BCUT2D eigenvalue weighted by molar-refractivity contribution is 0.344. The third-order valence-corrected chi connectivity index (χ3v) is 5.16. The molecule has 0 spiro atoms. The Morgan fingerprint density at radius 1 is 0.842 bits per heavy atom. The van der Waals surface area contributed by atoms with Gasteiger partial charge in [0.05, 0.1) is 0 Å². The van der Waals surface area contributed by atoms with Crippen LogP contribution in [0.4, 0.5) is 0 Å². The molecule has 1 nitrogen and oxygen atoms in total. The highest BCUT2D eigenvalue weighted by molar-refractivity contribution is 5.26. The van der Waals surface area contributed by atoms with Gasteiger partial charge in [0, 0.05) is 12.1 Å². The molecule has 0 radical (unpaired) electrons. The molecule has 1 atom stereocenters. The minimum Gasteiger partial charge on any atom is -0.306 e. The first-order chi connectivity index (χ1) is 9.31.